The molecule has 0 bridgehead atoms. The summed E-state index contributed by atoms with van der Waals surface area (Å²) in [4.78, 5) is 24.8. The largest absolute Gasteiger partial charge is 0.480 e. The van der Waals surface area contributed by atoms with Crippen molar-refractivity contribution >= 4 is 36.3 Å². The lowest BCUT2D eigenvalue weighted by Gasteiger charge is -2.22. The Balaban J connectivity index is 2.54. The predicted octanol–water partition coefficient (Wildman–Crippen LogP) is 1.90. The Morgan fingerprint density at radius 3 is 2.85 bits per heavy atom. The second kappa shape index (κ2) is 8.48. The zero-order chi connectivity index (χ0) is 15.1. The van der Waals surface area contributed by atoms with Crippen LogP contribution in [0.5, 0.6) is 0 Å². The molecule has 3 atom stereocenters. The molecule has 1 rings (SSSR count). The highest BCUT2D eigenvalue weighted by Gasteiger charge is 2.39. The van der Waals surface area contributed by atoms with E-state index in [9.17, 15) is 14.7 Å². The fraction of sp³-hybridized carbons (Fsp3) is 0.714. The fourth-order valence-corrected chi connectivity index (χ4v) is 3.61. The van der Waals surface area contributed by atoms with E-state index in [4.69, 9.17) is 6.42 Å². The maximum Gasteiger partial charge on any atom is 0.326 e. The summed E-state index contributed by atoms with van der Waals surface area (Å²) in [5.41, 5.74) is 0. The standard InChI is InChI=1S/C14H21NO3S2/c1-3-4-5-6-20-11-8-12(14(17)18)15(9-11)13(16)7-10(2)19/h1,10-12,19H,4-9H2,2H3,(H,17,18)/t10?,11-,12-/m0/s1. The van der Waals surface area contributed by atoms with Gasteiger partial charge in [0.1, 0.15) is 6.04 Å². The first-order chi connectivity index (χ1) is 9.45. The van der Waals surface area contributed by atoms with Gasteiger partial charge in [0, 0.05) is 29.9 Å². The third-order valence-electron chi connectivity index (χ3n) is 3.16. The lowest BCUT2D eigenvalue weighted by Crippen LogP contribution is -2.41. The maximum absolute atomic E-state index is 12.1. The Morgan fingerprint density at radius 2 is 2.30 bits per heavy atom. The van der Waals surface area contributed by atoms with Crippen LogP contribution >= 0.6 is 24.4 Å². The van der Waals surface area contributed by atoms with E-state index >= 15 is 0 Å². The van der Waals surface area contributed by atoms with Gasteiger partial charge in [0.05, 0.1) is 0 Å². The molecule has 1 aliphatic rings. The number of carbonyl (C=O) groups excluding carboxylic acids is 1. The van der Waals surface area contributed by atoms with Crippen LogP contribution in [-0.2, 0) is 9.59 Å². The first-order valence-corrected chi connectivity index (χ1v) is 8.27. The number of likely N-dealkylation sites (tertiary alicyclic amines) is 1. The summed E-state index contributed by atoms with van der Waals surface area (Å²) in [6.45, 7) is 2.34. The second-order valence-electron chi connectivity index (χ2n) is 4.99. The molecule has 112 valence electrons. The van der Waals surface area contributed by atoms with Crippen molar-refractivity contribution in [1.29, 1.82) is 0 Å². The topological polar surface area (TPSA) is 57.6 Å². The minimum Gasteiger partial charge on any atom is -0.480 e. The molecule has 6 heteroatoms. The molecule has 0 saturated carbocycles. The van der Waals surface area contributed by atoms with E-state index in [0.29, 0.717) is 13.0 Å². The molecule has 0 aromatic heterocycles. The first kappa shape index (κ1) is 17.3. The molecule has 20 heavy (non-hydrogen) atoms. The van der Waals surface area contributed by atoms with E-state index in [-0.39, 0.29) is 22.8 Å². The van der Waals surface area contributed by atoms with Crippen molar-refractivity contribution in [3.05, 3.63) is 0 Å². The lowest BCUT2D eigenvalue weighted by atomic mass is 10.2. The van der Waals surface area contributed by atoms with E-state index in [2.05, 4.69) is 18.5 Å². The van der Waals surface area contributed by atoms with Gasteiger partial charge < -0.3 is 10.0 Å². The molecule has 1 aliphatic heterocycles. The number of rotatable bonds is 7. The van der Waals surface area contributed by atoms with Crippen molar-refractivity contribution < 1.29 is 14.7 Å². The van der Waals surface area contributed by atoms with Crippen molar-refractivity contribution in [2.75, 3.05) is 12.3 Å². The van der Waals surface area contributed by atoms with E-state index in [1.165, 1.54) is 4.90 Å². The van der Waals surface area contributed by atoms with E-state index in [1.54, 1.807) is 11.8 Å². The number of unbranched alkanes of at least 4 members (excludes halogenated alkanes) is 1. The van der Waals surface area contributed by atoms with Crippen LogP contribution in [0.2, 0.25) is 0 Å². The van der Waals surface area contributed by atoms with Gasteiger partial charge in [0.15, 0.2) is 0 Å². The number of hydrogen-bond acceptors (Lipinski definition) is 4. The number of amides is 1. The molecule has 1 saturated heterocycles. The Kier molecular flexibility index (Phi) is 7.31. The molecule has 1 unspecified atom stereocenters. The van der Waals surface area contributed by atoms with Gasteiger partial charge >= 0.3 is 5.97 Å². The fourth-order valence-electron chi connectivity index (χ4n) is 2.22. The molecule has 1 N–H and O–H groups in total. The minimum absolute atomic E-state index is 0.0562. The molecule has 1 amide bonds. The Bertz CT molecular complexity index is 392. The van der Waals surface area contributed by atoms with Gasteiger partial charge in [-0.25, -0.2) is 4.79 Å². The molecule has 0 aromatic carbocycles. The summed E-state index contributed by atoms with van der Waals surface area (Å²) in [5, 5.41) is 9.38. The second-order valence-corrected chi connectivity index (χ2v) is 7.28. The van der Waals surface area contributed by atoms with Gasteiger partial charge in [-0.1, -0.05) is 6.92 Å². The quantitative estimate of drug-likeness (QED) is 0.428. The average molecular weight is 315 g/mol. The van der Waals surface area contributed by atoms with Gasteiger partial charge in [-0.15, -0.1) is 12.3 Å². The Hall–Kier alpha value is -0.800. The SMILES string of the molecule is C#CCCCS[C@H]1C[C@@H](C(=O)O)N(C(=O)CC(C)S)C1. The highest BCUT2D eigenvalue weighted by molar-refractivity contribution is 7.99. The van der Waals surface area contributed by atoms with Crippen LogP contribution in [0.15, 0.2) is 0 Å². The van der Waals surface area contributed by atoms with E-state index < -0.39 is 12.0 Å². The van der Waals surface area contributed by atoms with Gasteiger partial charge in [-0.3, -0.25) is 4.79 Å². The number of hydrogen-bond donors (Lipinski definition) is 2. The number of carboxylic acids is 1. The number of carbonyl (C=O) groups is 2. The third-order valence-corrected chi connectivity index (χ3v) is 4.68. The zero-order valence-electron chi connectivity index (χ0n) is 11.6. The van der Waals surface area contributed by atoms with E-state index in [0.717, 1.165) is 18.6 Å². The molecule has 1 heterocycles. The number of nitrogens with zero attached hydrogens (tertiary/aromatic N) is 1. The van der Waals surface area contributed by atoms with Crippen molar-refractivity contribution in [1.82, 2.24) is 4.90 Å². The number of aliphatic carboxylic acids is 1. The number of thiol groups is 1. The van der Waals surface area contributed by atoms with Crippen LogP contribution in [-0.4, -0.2) is 50.7 Å². The van der Waals surface area contributed by atoms with Crippen LogP contribution in [0.1, 0.15) is 32.6 Å². The van der Waals surface area contributed by atoms with Gasteiger partial charge in [0.25, 0.3) is 0 Å². The first-order valence-electron chi connectivity index (χ1n) is 6.71. The molecule has 0 aliphatic carbocycles. The summed E-state index contributed by atoms with van der Waals surface area (Å²) in [7, 11) is 0. The average Bonchev–Trinajstić information content (AvgIpc) is 2.78. The van der Waals surface area contributed by atoms with Crippen LogP contribution in [0, 0.1) is 12.3 Å². The lowest BCUT2D eigenvalue weighted by molar-refractivity contribution is -0.148. The molecule has 4 nitrogen and oxygen atoms in total. The maximum atomic E-state index is 12.1. The molecule has 0 aromatic rings. The number of thioether (sulfide) groups is 1. The van der Waals surface area contributed by atoms with Crippen LogP contribution in [0.3, 0.4) is 0 Å². The van der Waals surface area contributed by atoms with E-state index in [1.807, 2.05) is 6.92 Å². The van der Waals surface area contributed by atoms with Gasteiger partial charge in [-0.05, 0) is 18.6 Å². The van der Waals surface area contributed by atoms with Crippen LogP contribution in [0.25, 0.3) is 0 Å². The summed E-state index contributed by atoms with van der Waals surface area (Å²) < 4.78 is 0. The normalized spacial score (nSPS) is 23.4. The van der Waals surface area contributed by atoms with Crippen LogP contribution < -0.4 is 0 Å². The summed E-state index contributed by atoms with van der Waals surface area (Å²) in [5.74, 6) is 2.46. The molecular weight excluding hydrogens is 294 g/mol. The van der Waals surface area contributed by atoms with Crippen molar-refractivity contribution in [2.45, 2.75) is 49.1 Å². The van der Waals surface area contributed by atoms with Crippen molar-refractivity contribution in [2.24, 2.45) is 0 Å². The molecular formula is C14H21NO3S2. The summed E-state index contributed by atoms with van der Waals surface area (Å²) in [6, 6.07) is -0.695. The number of carboxylic acid groups (broad SMARTS) is 1. The van der Waals surface area contributed by atoms with Crippen molar-refractivity contribution in [3.63, 3.8) is 0 Å². The molecule has 0 spiro atoms. The Morgan fingerprint density at radius 1 is 1.60 bits per heavy atom. The monoisotopic (exact) mass is 315 g/mol. The van der Waals surface area contributed by atoms with Gasteiger partial charge in [-0.2, -0.15) is 24.4 Å². The molecule has 0 radical (unpaired) electrons. The molecule has 1 fully saturated rings. The van der Waals surface area contributed by atoms with Crippen molar-refractivity contribution in [3.8, 4) is 12.3 Å². The predicted molar refractivity (Wildman–Crippen MR) is 85.1 cm³/mol. The number of terminal acetylenes is 1. The Labute approximate surface area is 130 Å². The van der Waals surface area contributed by atoms with Crippen LogP contribution in [0.4, 0.5) is 0 Å². The minimum atomic E-state index is -0.920. The smallest absolute Gasteiger partial charge is 0.326 e. The third kappa shape index (κ3) is 5.29. The summed E-state index contributed by atoms with van der Waals surface area (Å²) in [6.07, 6.45) is 7.66. The highest BCUT2D eigenvalue weighted by Crippen LogP contribution is 2.29. The van der Waals surface area contributed by atoms with Gasteiger partial charge in [0.2, 0.25) is 5.91 Å². The summed E-state index contributed by atoms with van der Waals surface area (Å²) >= 11 is 5.91. The zero-order valence-corrected chi connectivity index (χ0v) is 13.3. The highest BCUT2D eigenvalue weighted by atomic mass is 32.2.